The minimum Gasteiger partial charge on any atom is -0.353 e. The number of nitrogens with one attached hydrogen (secondary N) is 1. The third-order valence-corrected chi connectivity index (χ3v) is 3.85. The van der Waals surface area contributed by atoms with Crippen LogP contribution in [0, 0.1) is 6.92 Å². The minimum absolute atomic E-state index is 0.0463. The lowest BCUT2D eigenvalue weighted by molar-refractivity contribution is 0.0949. The molecule has 3 nitrogen and oxygen atoms in total. The Kier molecular flexibility index (Phi) is 3.87. The smallest absolute Gasteiger partial charge is 0.251 e. The molecule has 0 spiro atoms. The number of aryl methyl sites for hydroxylation is 1. The van der Waals surface area contributed by atoms with E-state index < -0.39 is 0 Å². The second-order valence-electron chi connectivity index (χ2n) is 4.21. The first-order valence-corrected chi connectivity index (χ1v) is 6.52. The Morgan fingerprint density at radius 2 is 2.11 bits per heavy atom. The van der Waals surface area contributed by atoms with Crippen molar-refractivity contribution in [2.45, 2.75) is 13.5 Å². The lowest BCUT2D eigenvalue weighted by atomic mass is 10.1. The number of amides is 1. The number of hydrogen-bond acceptors (Lipinski definition) is 1. The second kappa shape index (κ2) is 5.40. The maximum atomic E-state index is 12.1. The van der Waals surface area contributed by atoms with Crippen molar-refractivity contribution < 1.29 is 4.79 Å². The monoisotopic (exact) mass is 306 g/mol. The van der Waals surface area contributed by atoms with E-state index in [0.717, 1.165) is 15.7 Å². The van der Waals surface area contributed by atoms with Crippen LogP contribution in [0.5, 0.6) is 0 Å². The van der Waals surface area contributed by atoms with Crippen molar-refractivity contribution >= 4 is 21.8 Å². The van der Waals surface area contributed by atoms with E-state index in [2.05, 4.69) is 21.2 Å². The van der Waals surface area contributed by atoms with Crippen molar-refractivity contribution in [3.63, 3.8) is 0 Å². The van der Waals surface area contributed by atoms with Gasteiger partial charge in [-0.25, -0.2) is 0 Å². The summed E-state index contributed by atoms with van der Waals surface area (Å²) in [4.78, 5) is 12.1. The molecule has 1 aromatic heterocycles. The van der Waals surface area contributed by atoms with Gasteiger partial charge in [0.05, 0.1) is 6.54 Å². The highest BCUT2D eigenvalue weighted by molar-refractivity contribution is 9.10. The quantitative estimate of drug-likeness (QED) is 0.929. The van der Waals surface area contributed by atoms with Crippen molar-refractivity contribution in [3.05, 3.63) is 57.8 Å². The number of aromatic nitrogens is 1. The molecule has 0 saturated heterocycles. The Bertz CT molecular complexity index is 575. The van der Waals surface area contributed by atoms with E-state index in [-0.39, 0.29) is 5.91 Å². The van der Waals surface area contributed by atoms with E-state index in [1.165, 1.54) is 0 Å². The van der Waals surface area contributed by atoms with Gasteiger partial charge in [-0.15, -0.1) is 0 Å². The van der Waals surface area contributed by atoms with Crippen LogP contribution in [0.4, 0.5) is 0 Å². The van der Waals surface area contributed by atoms with E-state index in [0.29, 0.717) is 12.1 Å². The van der Waals surface area contributed by atoms with Gasteiger partial charge in [-0.05, 0) is 36.8 Å². The SMILES string of the molecule is Cc1c(Br)cccc1C(=O)NCc1cccn1C. The summed E-state index contributed by atoms with van der Waals surface area (Å²) in [7, 11) is 1.96. The van der Waals surface area contributed by atoms with Gasteiger partial charge in [-0.2, -0.15) is 0 Å². The van der Waals surface area contributed by atoms with Gasteiger partial charge in [-0.3, -0.25) is 4.79 Å². The summed E-state index contributed by atoms with van der Waals surface area (Å²) in [5.41, 5.74) is 2.75. The van der Waals surface area contributed by atoms with Crippen LogP contribution in [0.15, 0.2) is 41.0 Å². The first-order valence-electron chi connectivity index (χ1n) is 5.73. The summed E-state index contributed by atoms with van der Waals surface area (Å²) in [5, 5.41) is 2.93. The fourth-order valence-electron chi connectivity index (χ4n) is 1.80. The molecule has 0 aliphatic carbocycles. The predicted octanol–water partition coefficient (Wildman–Crippen LogP) is 3.03. The number of carbonyl (C=O) groups is 1. The Balaban J connectivity index is 2.09. The molecule has 94 valence electrons. The van der Waals surface area contributed by atoms with Crippen molar-refractivity contribution in [2.24, 2.45) is 7.05 Å². The third kappa shape index (κ3) is 2.64. The molecule has 2 rings (SSSR count). The van der Waals surface area contributed by atoms with Crippen LogP contribution in [0.25, 0.3) is 0 Å². The predicted molar refractivity (Wildman–Crippen MR) is 75.5 cm³/mol. The minimum atomic E-state index is -0.0463. The average Bonchev–Trinajstić information content (AvgIpc) is 2.75. The standard InChI is InChI=1S/C14H15BrN2O/c1-10-12(6-3-7-13(10)15)14(18)16-9-11-5-4-8-17(11)2/h3-8H,9H2,1-2H3,(H,16,18). The summed E-state index contributed by atoms with van der Waals surface area (Å²) in [5.74, 6) is -0.0463. The van der Waals surface area contributed by atoms with Gasteiger partial charge in [0.15, 0.2) is 0 Å². The van der Waals surface area contributed by atoms with E-state index in [4.69, 9.17) is 0 Å². The number of halogens is 1. The normalized spacial score (nSPS) is 10.4. The topological polar surface area (TPSA) is 34.0 Å². The summed E-state index contributed by atoms with van der Waals surface area (Å²) in [6.07, 6.45) is 1.96. The van der Waals surface area contributed by atoms with Gasteiger partial charge in [0, 0.05) is 29.0 Å². The van der Waals surface area contributed by atoms with Crippen molar-refractivity contribution in [2.75, 3.05) is 0 Å². The lowest BCUT2D eigenvalue weighted by Gasteiger charge is -2.09. The van der Waals surface area contributed by atoms with Crippen LogP contribution < -0.4 is 5.32 Å². The van der Waals surface area contributed by atoms with Crippen LogP contribution in [0.3, 0.4) is 0 Å². The number of rotatable bonds is 3. The van der Waals surface area contributed by atoms with Gasteiger partial charge >= 0.3 is 0 Å². The molecule has 18 heavy (non-hydrogen) atoms. The zero-order valence-corrected chi connectivity index (χ0v) is 12.0. The summed E-state index contributed by atoms with van der Waals surface area (Å²) in [6, 6.07) is 9.60. The number of nitrogens with zero attached hydrogens (tertiary/aromatic N) is 1. The summed E-state index contributed by atoms with van der Waals surface area (Å²) < 4.78 is 2.95. The molecule has 1 amide bonds. The number of hydrogen-bond donors (Lipinski definition) is 1. The van der Waals surface area contributed by atoms with E-state index in [1.54, 1.807) is 0 Å². The summed E-state index contributed by atoms with van der Waals surface area (Å²) >= 11 is 3.43. The maximum Gasteiger partial charge on any atom is 0.251 e. The molecule has 1 heterocycles. The average molecular weight is 307 g/mol. The molecule has 4 heteroatoms. The van der Waals surface area contributed by atoms with Crippen LogP contribution in [-0.4, -0.2) is 10.5 Å². The summed E-state index contributed by atoms with van der Waals surface area (Å²) in [6.45, 7) is 2.47. The molecule has 0 radical (unpaired) electrons. The zero-order chi connectivity index (χ0) is 13.1. The molecule has 0 unspecified atom stereocenters. The molecular weight excluding hydrogens is 292 g/mol. The fraction of sp³-hybridized carbons (Fsp3) is 0.214. The van der Waals surface area contributed by atoms with Crippen LogP contribution in [0.2, 0.25) is 0 Å². The molecule has 1 aromatic carbocycles. The molecule has 0 saturated carbocycles. The Hall–Kier alpha value is -1.55. The van der Waals surface area contributed by atoms with Gasteiger partial charge in [-0.1, -0.05) is 22.0 Å². The highest BCUT2D eigenvalue weighted by atomic mass is 79.9. The number of benzene rings is 1. The molecule has 2 aromatic rings. The van der Waals surface area contributed by atoms with E-state index >= 15 is 0 Å². The number of carbonyl (C=O) groups excluding carboxylic acids is 1. The Morgan fingerprint density at radius 1 is 1.33 bits per heavy atom. The zero-order valence-electron chi connectivity index (χ0n) is 10.4. The van der Waals surface area contributed by atoms with Crippen molar-refractivity contribution in [1.82, 2.24) is 9.88 Å². The van der Waals surface area contributed by atoms with Crippen LogP contribution >= 0.6 is 15.9 Å². The highest BCUT2D eigenvalue weighted by Crippen LogP contribution is 2.19. The first kappa shape index (κ1) is 12.9. The Morgan fingerprint density at radius 3 is 2.78 bits per heavy atom. The molecular formula is C14H15BrN2O. The Labute approximate surface area is 115 Å². The van der Waals surface area contributed by atoms with Gasteiger partial charge in [0.25, 0.3) is 5.91 Å². The van der Waals surface area contributed by atoms with Crippen molar-refractivity contribution in [3.8, 4) is 0 Å². The van der Waals surface area contributed by atoms with E-state index in [1.807, 2.05) is 55.1 Å². The molecule has 0 aliphatic heterocycles. The molecule has 0 aliphatic rings. The van der Waals surface area contributed by atoms with Gasteiger partial charge in [0.2, 0.25) is 0 Å². The highest BCUT2D eigenvalue weighted by Gasteiger charge is 2.10. The van der Waals surface area contributed by atoms with Gasteiger partial charge < -0.3 is 9.88 Å². The molecule has 0 fully saturated rings. The first-order chi connectivity index (χ1) is 8.59. The van der Waals surface area contributed by atoms with E-state index in [9.17, 15) is 4.79 Å². The fourth-order valence-corrected chi connectivity index (χ4v) is 2.17. The van der Waals surface area contributed by atoms with Crippen molar-refractivity contribution in [1.29, 1.82) is 0 Å². The molecule has 0 bridgehead atoms. The molecule has 0 atom stereocenters. The maximum absolute atomic E-state index is 12.1. The largest absolute Gasteiger partial charge is 0.353 e. The third-order valence-electron chi connectivity index (χ3n) is 2.99. The van der Waals surface area contributed by atoms with Gasteiger partial charge in [0.1, 0.15) is 0 Å². The van der Waals surface area contributed by atoms with Crippen LogP contribution in [0.1, 0.15) is 21.6 Å². The van der Waals surface area contributed by atoms with Crippen LogP contribution in [-0.2, 0) is 13.6 Å². The molecule has 1 N–H and O–H groups in total. The second-order valence-corrected chi connectivity index (χ2v) is 5.06. The lowest BCUT2D eigenvalue weighted by Crippen LogP contribution is -2.24.